The van der Waals surface area contributed by atoms with Gasteiger partial charge < -0.3 is 4.40 Å². The Morgan fingerprint density at radius 3 is 2.73 bits per heavy atom. The van der Waals surface area contributed by atoms with Crippen LogP contribution in [-0.4, -0.2) is 32.4 Å². The van der Waals surface area contributed by atoms with Crippen molar-refractivity contribution in [1.82, 2.24) is 19.3 Å². The first kappa shape index (κ1) is 16.0. The lowest BCUT2D eigenvalue weighted by molar-refractivity contribution is 0.203. The van der Waals surface area contributed by atoms with Crippen molar-refractivity contribution in [2.75, 3.05) is 13.1 Å². The molecule has 4 aromatic rings. The van der Waals surface area contributed by atoms with Gasteiger partial charge in [-0.1, -0.05) is 18.2 Å². The molecule has 4 heterocycles. The Morgan fingerprint density at radius 1 is 1.08 bits per heavy atom. The van der Waals surface area contributed by atoms with Gasteiger partial charge in [-0.2, -0.15) is 0 Å². The molecule has 3 aromatic heterocycles. The van der Waals surface area contributed by atoms with Gasteiger partial charge in [0.25, 0.3) is 0 Å². The summed E-state index contributed by atoms with van der Waals surface area (Å²) in [5, 5.41) is 1.31. The number of benzene rings is 1. The number of likely N-dealkylation sites (tertiary alicyclic amines) is 1. The summed E-state index contributed by atoms with van der Waals surface area (Å²) in [4.78, 5) is 12.2. The fourth-order valence-corrected chi connectivity index (χ4v) is 5.05. The topological polar surface area (TPSA) is 33.4 Å². The second-order valence-electron chi connectivity index (χ2n) is 7.22. The third-order valence-electron chi connectivity index (χ3n) is 5.36. The van der Waals surface area contributed by atoms with Crippen LogP contribution in [0.2, 0.25) is 0 Å². The number of aryl methyl sites for hydroxylation is 1. The highest BCUT2D eigenvalue weighted by atomic mass is 32.1. The van der Waals surface area contributed by atoms with Crippen molar-refractivity contribution in [3.63, 3.8) is 0 Å². The summed E-state index contributed by atoms with van der Waals surface area (Å²) in [6, 6.07) is 12.7. The average Bonchev–Trinajstić information content (AvgIpc) is 3.27. The number of nitrogens with zero attached hydrogens (tertiary/aromatic N) is 4. The second-order valence-corrected chi connectivity index (χ2v) is 8.29. The maximum absolute atomic E-state index is 4.87. The van der Waals surface area contributed by atoms with Gasteiger partial charge >= 0.3 is 0 Å². The Hall–Kier alpha value is -2.24. The zero-order valence-electron chi connectivity index (χ0n) is 14.9. The van der Waals surface area contributed by atoms with Crippen LogP contribution in [-0.2, 0) is 6.54 Å². The van der Waals surface area contributed by atoms with Crippen molar-refractivity contribution in [2.24, 2.45) is 0 Å². The Labute approximate surface area is 157 Å². The van der Waals surface area contributed by atoms with Crippen LogP contribution in [0.4, 0.5) is 0 Å². The number of piperidine rings is 1. The number of hydrogen-bond donors (Lipinski definition) is 0. The first-order valence-electron chi connectivity index (χ1n) is 9.27. The molecule has 0 spiro atoms. The molecule has 1 aliphatic heterocycles. The summed E-state index contributed by atoms with van der Waals surface area (Å²) in [5.74, 6) is 0.604. The van der Waals surface area contributed by atoms with Gasteiger partial charge in [-0.05, 0) is 56.6 Å². The molecule has 0 atom stereocenters. The van der Waals surface area contributed by atoms with Crippen LogP contribution in [0.3, 0.4) is 0 Å². The van der Waals surface area contributed by atoms with Crippen LogP contribution in [0.25, 0.3) is 15.9 Å². The molecule has 0 bridgehead atoms. The van der Waals surface area contributed by atoms with E-state index < -0.39 is 0 Å². The van der Waals surface area contributed by atoms with E-state index in [-0.39, 0.29) is 0 Å². The highest BCUT2D eigenvalue weighted by molar-refractivity contribution is 7.18. The van der Waals surface area contributed by atoms with Gasteiger partial charge in [0.05, 0.1) is 20.9 Å². The SMILES string of the molecule is Cc1cccn2cc(CN3CCC(c4nc5ccccc5s4)CC3)nc12. The lowest BCUT2D eigenvalue weighted by atomic mass is 9.97. The molecule has 0 unspecified atom stereocenters. The largest absolute Gasteiger partial charge is 0.307 e. The summed E-state index contributed by atoms with van der Waals surface area (Å²) >= 11 is 1.87. The number of aromatic nitrogens is 3. The predicted octanol–water partition coefficient (Wildman–Crippen LogP) is 4.63. The van der Waals surface area contributed by atoms with Crippen LogP contribution < -0.4 is 0 Å². The minimum Gasteiger partial charge on any atom is -0.307 e. The molecule has 0 N–H and O–H groups in total. The Balaban J connectivity index is 1.27. The quantitative estimate of drug-likeness (QED) is 0.533. The van der Waals surface area contributed by atoms with Gasteiger partial charge in [-0.3, -0.25) is 4.90 Å². The summed E-state index contributed by atoms with van der Waals surface area (Å²) in [6.07, 6.45) is 6.62. The number of hydrogen-bond acceptors (Lipinski definition) is 4. The fraction of sp³-hybridized carbons (Fsp3) is 0.333. The third kappa shape index (κ3) is 2.91. The predicted molar refractivity (Wildman–Crippen MR) is 107 cm³/mol. The van der Waals surface area contributed by atoms with Crippen molar-refractivity contribution in [3.8, 4) is 0 Å². The van der Waals surface area contributed by atoms with Crippen LogP contribution in [0.5, 0.6) is 0 Å². The van der Waals surface area contributed by atoms with Crippen molar-refractivity contribution >= 4 is 27.2 Å². The minimum absolute atomic E-state index is 0.604. The van der Waals surface area contributed by atoms with Crippen LogP contribution in [0, 0.1) is 6.92 Å². The van der Waals surface area contributed by atoms with E-state index >= 15 is 0 Å². The van der Waals surface area contributed by atoms with E-state index in [1.165, 1.54) is 28.1 Å². The van der Waals surface area contributed by atoms with Crippen LogP contribution in [0.1, 0.15) is 35.0 Å². The van der Waals surface area contributed by atoms with Crippen LogP contribution >= 0.6 is 11.3 Å². The maximum Gasteiger partial charge on any atom is 0.139 e. The first-order chi connectivity index (χ1) is 12.8. The van der Waals surface area contributed by atoms with Crippen molar-refractivity contribution in [2.45, 2.75) is 32.2 Å². The highest BCUT2D eigenvalue weighted by Crippen LogP contribution is 2.34. The van der Waals surface area contributed by atoms with Gasteiger partial charge in [0.2, 0.25) is 0 Å². The normalized spacial score (nSPS) is 16.7. The molecular weight excluding hydrogens is 340 g/mol. The molecule has 26 heavy (non-hydrogen) atoms. The molecule has 5 rings (SSSR count). The Bertz CT molecular complexity index is 1020. The molecule has 0 radical (unpaired) electrons. The lowest BCUT2D eigenvalue weighted by Gasteiger charge is -2.30. The first-order valence-corrected chi connectivity index (χ1v) is 10.1. The molecule has 0 aliphatic carbocycles. The number of para-hydroxylation sites is 1. The average molecular weight is 363 g/mol. The number of thiazole rings is 1. The van der Waals surface area contributed by atoms with E-state index in [1.54, 1.807) is 0 Å². The molecule has 1 aromatic carbocycles. The Kier molecular flexibility index (Phi) is 3.98. The zero-order chi connectivity index (χ0) is 17.5. The molecule has 1 saturated heterocycles. The number of pyridine rings is 1. The molecule has 1 fully saturated rings. The maximum atomic E-state index is 4.87. The van der Waals surface area contributed by atoms with Gasteiger partial charge in [0.1, 0.15) is 5.65 Å². The van der Waals surface area contributed by atoms with Gasteiger partial charge in [0.15, 0.2) is 0 Å². The van der Waals surface area contributed by atoms with E-state index in [9.17, 15) is 0 Å². The third-order valence-corrected chi connectivity index (χ3v) is 6.56. The van der Waals surface area contributed by atoms with E-state index in [0.717, 1.165) is 36.5 Å². The summed E-state index contributed by atoms with van der Waals surface area (Å²) in [7, 11) is 0. The second kappa shape index (κ2) is 6.49. The molecular formula is C21H22N4S. The van der Waals surface area contributed by atoms with Crippen molar-refractivity contribution < 1.29 is 0 Å². The summed E-state index contributed by atoms with van der Waals surface area (Å²) in [6.45, 7) is 5.30. The minimum atomic E-state index is 0.604. The fourth-order valence-electron chi connectivity index (χ4n) is 3.91. The standard InChI is InChI=1S/C21H22N4S/c1-15-5-4-10-25-14-17(22-20(15)25)13-24-11-8-16(9-12-24)21-23-18-6-2-3-7-19(18)26-21/h2-7,10,14,16H,8-9,11-13H2,1H3. The molecule has 132 valence electrons. The summed E-state index contributed by atoms with van der Waals surface area (Å²) in [5.41, 5.74) is 4.62. The molecule has 4 nitrogen and oxygen atoms in total. The van der Waals surface area contributed by atoms with E-state index in [2.05, 4.69) is 65.0 Å². The summed E-state index contributed by atoms with van der Waals surface area (Å²) < 4.78 is 3.45. The Morgan fingerprint density at radius 2 is 1.92 bits per heavy atom. The number of rotatable bonds is 3. The van der Waals surface area contributed by atoms with Crippen molar-refractivity contribution in [3.05, 3.63) is 65.1 Å². The van der Waals surface area contributed by atoms with Gasteiger partial charge in [0, 0.05) is 24.9 Å². The van der Waals surface area contributed by atoms with E-state index in [0.29, 0.717) is 5.92 Å². The molecule has 5 heteroatoms. The zero-order valence-corrected chi connectivity index (χ0v) is 15.7. The van der Waals surface area contributed by atoms with E-state index in [1.807, 2.05) is 11.3 Å². The monoisotopic (exact) mass is 362 g/mol. The van der Waals surface area contributed by atoms with Crippen LogP contribution in [0.15, 0.2) is 48.8 Å². The molecule has 0 saturated carbocycles. The highest BCUT2D eigenvalue weighted by Gasteiger charge is 2.23. The van der Waals surface area contributed by atoms with Gasteiger partial charge in [-0.15, -0.1) is 11.3 Å². The van der Waals surface area contributed by atoms with E-state index in [4.69, 9.17) is 9.97 Å². The molecule has 1 aliphatic rings. The number of imidazole rings is 1. The molecule has 0 amide bonds. The smallest absolute Gasteiger partial charge is 0.139 e. The number of fused-ring (bicyclic) bond motifs is 2. The van der Waals surface area contributed by atoms with Crippen molar-refractivity contribution in [1.29, 1.82) is 0 Å². The lowest BCUT2D eigenvalue weighted by Crippen LogP contribution is -2.32. The van der Waals surface area contributed by atoms with Gasteiger partial charge in [-0.25, -0.2) is 9.97 Å².